The van der Waals surface area contributed by atoms with Gasteiger partial charge in [-0.15, -0.1) is 11.3 Å². The van der Waals surface area contributed by atoms with Crippen molar-refractivity contribution < 1.29 is 9.59 Å². The van der Waals surface area contributed by atoms with Crippen LogP contribution in [0.3, 0.4) is 0 Å². The summed E-state index contributed by atoms with van der Waals surface area (Å²) in [6.45, 7) is 0.595. The molecule has 1 aliphatic heterocycles. The van der Waals surface area contributed by atoms with Crippen LogP contribution in [0.2, 0.25) is 0 Å². The number of nitrogens with one attached hydrogen (secondary N) is 1. The molecule has 1 atom stereocenters. The Bertz CT molecular complexity index is 926. The maximum atomic E-state index is 12.7. The fraction of sp³-hybridized carbons (Fsp3) is 0.222. The molecular weight excluding hydrogens is 336 g/mol. The highest BCUT2D eigenvalue weighted by Crippen LogP contribution is 2.23. The molecule has 6 nitrogen and oxygen atoms in total. The Morgan fingerprint density at radius 1 is 1.16 bits per heavy atom. The van der Waals surface area contributed by atoms with Crippen LogP contribution in [-0.4, -0.2) is 39.3 Å². The zero-order valence-electron chi connectivity index (χ0n) is 13.4. The van der Waals surface area contributed by atoms with Gasteiger partial charge < -0.3 is 10.2 Å². The number of thiophene rings is 1. The van der Waals surface area contributed by atoms with Crippen LogP contribution in [0.15, 0.2) is 48.0 Å². The quantitative estimate of drug-likeness (QED) is 0.786. The van der Waals surface area contributed by atoms with Crippen molar-refractivity contribution in [1.82, 2.24) is 14.9 Å². The first kappa shape index (κ1) is 15.7. The van der Waals surface area contributed by atoms with Crippen LogP contribution in [-0.2, 0) is 4.79 Å². The highest BCUT2D eigenvalue weighted by atomic mass is 32.1. The summed E-state index contributed by atoms with van der Waals surface area (Å²) >= 11 is 1.39. The van der Waals surface area contributed by atoms with Crippen LogP contribution >= 0.6 is 11.3 Å². The third-order valence-electron chi connectivity index (χ3n) is 4.25. The molecule has 3 aromatic rings. The number of carbonyl (C=O) groups excluding carboxylic acids is 2. The second-order valence-electron chi connectivity index (χ2n) is 5.87. The second kappa shape index (κ2) is 6.60. The highest BCUT2D eigenvalue weighted by molar-refractivity contribution is 7.12. The Labute approximate surface area is 148 Å². The van der Waals surface area contributed by atoms with E-state index in [1.165, 1.54) is 11.3 Å². The number of fused-ring (bicyclic) bond motifs is 1. The predicted molar refractivity (Wildman–Crippen MR) is 96.5 cm³/mol. The SMILES string of the molecule is O=C(Nc1cnc2ccccc2n1)[C@@H]1CCCN1C(=O)c1cccs1. The number of likely N-dealkylation sites (tertiary alicyclic amines) is 1. The molecule has 4 rings (SSSR count). The van der Waals surface area contributed by atoms with E-state index in [0.29, 0.717) is 23.7 Å². The monoisotopic (exact) mass is 352 g/mol. The van der Waals surface area contributed by atoms with Gasteiger partial charge in [-0.3, -0.25) is 14.6 Å². The van der Waals surface area contributed by atoms with Gasteiger partial charge in [0.15, 0.2) is 5.82 Å². The lowest BCUT2D eigenvalue weighted by atomic mass is 10.2. The van der Waals surface area contributed by atoms with Crippen LogP contribution < -0.4 is 5.32 Å². The molecule has 7 heteroatoms. The van der Waals surface area contributed by atoms with Gasteiger partial charge in [0.1, 0.15) is 6.04 Å². The smallest absolute Gasteiger partial charge is 0.264 e. The number of rotatable bonds is 3. The number of carbonyl (C=O) groups is 2. The molecule has 1 aromatic carbocycles. The minimum atomic E-state index is -0.470. The number of hydrogen-bond donors (Lipinski definition) is 1. The predicted octanol–water partition coefficient (Wildman–Crippen LogP) is 2.93. The molecule has 1 aliphatic rings. The molecule has 3 heterocycles. The molecule has 25 heavy (non-hydrogen) atoms. The van der Waals surface area contributed by atoms with Gasteiger partial charge in [0.05, 0.1) is 22.1 Å². The molecule has 2 aromatic heterocycles. The molecule has 0 aliphatic carbocycles. The van der Waals surface area contributed by atoms with E-state index in [0.717, 1.165) is 17.5 Å². The molecule has 2 amide bonds. The number of anilines is 1. The number of amides is 2. The first-order chi connectivity index (χ1) is 12.2. The van der Waals surface area contributed by atoms with Gasteiger partial charge in [-0.2, -0.15) is 0 Å². The van der Waals surface area contributed by atoms with Crippen molar-refractivity contribution in [3.05, 3.63) is 52.9 Å². The van der Waals surface area contributed by atoms with Crippen LogP contribution in [0.25, 0.3) is 11.0 Å². The maximum Gasteiger partial charge on any atom is 0.264 e. The third kappa shape index (κ3) is 3.10. The Kier molecular flexibility index (Phi) is 4.15. The number of benzene rings is 1. The van der Waals surface area contributed by atoms with Crippen molar-refractivity contribution in [3.63, 3.8) is 0 Å². The number of para-hydroxylation sites is 2. The maximum absolute atomic E-state index is 12.7. The summed E-state index contributed by atoms with van der Waals surface area (Å²) in [6, 6.07) is 10.6. The van der Waals surface area contributed by atoms with Crippen molar-refractivity contribution in [2.75, 3.05) is 11.9 Å². The summed E-state index contributed by atoms with van der Waals surface area (Å²) in [7, 11) is 0. The lowest BCUT2D eigenvalue weighted by Crippen LogP contribution is -2.43. The normalized spacial score (nSPS) is 17.0. The van der Waals surface area contributed by atoms with Gasteiger partial charge in [0.25, 0.3) is 5.91 Å². The van der Waals surface area contributed by atoms with E-state index >= 15 is 0 Å². The van der Waals surface area contributed by atoms with E-state index in [4.69, 9.17) is 0 Å². The lowest BCUT2D eigenvalue weighted by Gasteiger charge is -2.23. The van der Waals surface area contributed by atoms with E-state index in [1.54, 1.807) is 17.2 Å². The average molecular weight is 352 g/mol. The molecule has 0 radical (unpaired) electrons. The van der Waals surface area contributed by atoms with E-state index < -0.39 is 6.04 Å². The summed E-state index contributed by atoms with van der Waals surface area (Å²) in [5.41, 5.74) is 1.49. The molecule has 0 saturated carbocycles. The topological polar surface area (TPSA) is 75.2 Å². The van der Waals surface area contributed by atoms with Gasteiger partial charge in [-0.1, -0.05) is 18.2 Å². The molecule has 0 bridgehead atoms. The molecule has 0 spiro atoms. The largest absolute Gasteiger partial charge is 0.326 e. The lowest BCUT2D eigenvalue weighted by molar-refractivity contribution is -0.119. The summed E-state index contributed by atoms with van der Waals surface area (Å²) < 4.78 is 0. The molecular formula is C18H16N4O2S. The Balaban J connectivity index is 1.52. The summed E-state index contributed by atoms with van der Waals surface area (Å²) in [6.07, 6.45) is 3.02. The number of hydrogen-bond acceptors (Lipinski definition) is 5. The van der Waals surface area contributed by atoms with Gasteiger partial charge in [-0.25, -0.2) is 4.98 Å². The minimum Gasteiger partial charge on any atom is -0.326 e. The van der Waals surface area contributed by atoms with E-state index in [2.05, 4.69) is 15.3 Å². The standard InChI is InChI=1S/C18H16N4O2S/c23-17(21-16-11-19-12-5-1-2-6-13(12)20-16)14-7-3-9-22(14)18(24)15-8-4-10-25-15/h1-2,4-6,8,10-11,14H,3,7,9H2,(H,20,21,23)/t14-/m0/s1. The van der Waals surface area contributed by atoms with Gasteiger partial charge in [-0.05, 0) is 36.4 Å². The molecule has 1 saturated heterocycles. The van der Waals surface area contributed by atoms with Crippen molar-refractivity contribution in [1.29, 1.82) is 0 Å². The van der Waals surface area contributed by atoms with Gasteiger partial charge in [0, 0.05) is 6.54 Å². The minimum absolute atomic E-state index is 0.0859. The first-order valence-corrected chi connectivity index (χ1v) is 8.97. The van der Waals surface area contributed by atoms with E-state index in [9.17, 15) is 9.59 Å². The Morgan fingerprint density at radius 3 is 2.80 bits per heavy atom. The number of aromatic nitrogens is 2. The summed E-state index contributed by atoms with van der Waals surface area (Å²) in [5, 5.41) is 4.67. The molecule has 1 fully saturated rings. The van der Waals surface area contributed by atoms with Gasteiger partial charge in [0.2, 0.25) is 5.91 Å². The number of nitrogens with zero attached hydrogens (tertiary/aromatic N) is 3. The van der Waals surface area contributed by atoms with E-state index in [1.807, 2.05) is 35.7 Å². The Morgan fingerprint density at radius 2 is 2.00 bits per heavy atom. The molecule has 0 unspecified atom stereocenters. The summed E-state index contributed by atoms with van der Waals surface area (Å²) in [4.78, 5) is 36.3. The van der Waals surface area contributed by atoms with Crippen LogP contribution in [0.1, 0.15) is 22.5 Å². The van der Waals surface area contributed by atoms with Crippen LogP contribution in [0.5, 0.6) is 0 Å². The highest BCUT2D eigenvalue weighted by Gasteiger charge is 2.35. The van der Waals surface area contributed by atoms with E-state index in [-0.39, 0.29) is 11.8 Å². The third-order valence-corrected chi connectivity index (χ3v) is 5.11. The zero-order chi connectivity index (χ0) is 17.2. The fourth-order valence-corrected chi connectivity index (χ4v) is 3.73. The van der Waals surface area contributed by atoms with Crippen molar-refractivity contribution in [3.8, 4) is 0 Å². The van der Waals surface area contributed by atoms with Crippen molar-refractivity contribution >= 4 is 40.0 Å². The van der Waals surface area contributed by atoms with Crippen molar-refractivity contribution in [2.24, 2.45) is 0 Å². The van der Waals surface area contributed by atoms with Gasteiger partial charge >= 0.3 is 0 Å². The first-order valence-electron chi connectivity index (χ1n) is 8.09. The van der Waals surface area contributed by atoms with Crippen LogP contribution in [0.4, 0.5) is 5.82 Å². The zero-order valence-corrected chi connectivity index (χ0v) is 14.2. The van der Waals surface area contributed by atoms with Crippen LogP contribution in [0, 0.1) is 0 Å². The molecule has 1 N–H and O–H groups in total. The second-order valence-corrected chi connectivity index (χ2v) is 6.81. The van der Waals surface area contributed by atoms with Crippen molar-refractivity contribution in [2.45, 2.75) is 18.9 Å². The summed E-state index contributed by atoms with van der Waals surface area (Å²) in [5.74, 6) is 0.100. The Hall–Kier alpha value is -2.80. The average Bonchev–Trinajstić information content (AvgIpc) is 3.33. The fourth-order valence-electron chi connectivity index (χ4n) is 3.05. The molecule has 126 valence electrons.